The lowest BCUT2D eigenvalue weighted by Crippen LogP contribution is -2.47. The molecule has 3 aromatic carbocycles. The van der Waals surface area contributed by atoms with Gasteiger partial charge in [-0.05, 0) is 137 Å². The van der Waals surface area contributed by atoms with Crippen molar-refractivity contribution < 1.29 is 46.9 Å². The van der Waals surface area contributed by atoms with E-state index in [0.29, 0.717) is 126 Å². The van der Waals surface area contributed by atoms with E-state index in [4.69, 9.17) is 40.4 Å². The molecule has 8 heterocycles. The average molecular weight is 1040 g/mol. The number of nitrogens with zero attached hydrogens (tertiary/aromatic N) is 6. The summed E-state index contributed by atoms with van der Waals surface area (Å²) in [5.74, 6) is -1.06. The molecule has 2 aromatic heterocycles. The first-order chi connectivity index (χ1) is 36.3. The number of ether oxygens (including phenoxy) is 4. The maximum Gasteiger partial charge on any atom is 0.405 e. The van der Waals surface area contributed by atoms with E-state index in [1.54, 1.807) is 9.80 Å². The van der Waals surface area contributed by atoms with E-state index >= 15 is 8.78 Å². The van der Waals surface area contributed by atoms with Gasteiger partial charge >= 0.3 is 12.2 Å². The van der Waals surface area contributed by atoms with Crippen molar-refractivity contribution in [3.8, 4) is 0 Å². The third-order valence-electron chi connectivity index (χ3n) is 17.4. The lowest BCUT2D eigenvalue weighted by molar-refractivity contribution is -0.146. The number of primary amides is 2. The molecular weight excluding hydrogens is 967 g/mol. The fourth-order valence-electron chi connectivity index (χ4n) is 13.4. The second kappa shape index (κ2) is 20.9. The average Bonchev–Trinajstić information content (AvgIpc) is 4.30. The third-order valence-corrected chi connectivity index (χ3v) is 17.4. The van der Waals surface area contributed by atoms with E-state index in [9.17, 15) is 19.2 Å². The summed E-state index contributed by atoms with van der Waals surface area (Å²) in [5, 5.41) is 0. The van der Waals surface area contributed by atoms with Gasteiger partial charge in [0.15, 0.2) is 23.8 Å². The molecule has 6 N–H and O–H groups in total. The molecule has 6 aliphatic rings. The maximum absolute atomic E-state index is 16.7. The van der Waals surface area contributed by atoms with Crippen LogP contribution < -0.4 is 21.3 Å². The summed E-state index contributed by atoms with van der Waals surface area (Å²) in [6, 6.07) is 13.9. The van der Waals surface area contributed by atoms with Gasteiger partial charge in [-0.2, -0.15) is 0 Å². The summed E-state index contributed by atoms with van der Waals surface area (Å²) in [5.41, 5.74) is 15.3. The molecule has 400 valence electrons. The fraction of sp³-hybridized carbons (Fsp3) is 0.564. The predicted octanol–water partition coefficient (Wildman–Crippen LogP) is 8.32. The minimum Gasteiger partial charge on any atom is -0.436 e. The van der Waals surface area contributed by atoms with Gasteiger partial charge in [-0.25, -0.2) is 28.3 Å². The second-order valence-electron chi connectivity index (χ2n) is 21.7. The van der Waals surface area contributed by atoms with Crippen molar-refractivity contribution in [2.75, 3.05) is 62.4 Å². The molecule has 0 spiro atoms. The first-order valence-corrected chi connectivity index (χ1v) is 27.0. The smallest absolute Gasteiger partial charge is 0.405 e. The van der Waals surface area contributed by atoms with Crippen LogP contribution in [0.15, 0.2) is 48.5 Å². The number of piperidine rings is 1. The van der Waals surface area contributed by atoms with Gasteiger partial charge in [0.2, 0.25) is 0 Å². The Labute approximate surface area is 434 Å². The number of carbonyl (C=O) groups is 4. The van der Waals surface area contributed by atoms with Gasteiger partial charge in [-0.15, -0.1) is 0 Å². The number of carbonyl (C=O) groups excluding carboxylic acids is 4. The summed E-state index contributed by atoms with van der Waals surface area (Å²) in [6.07, 6.45) is 4.45. The molecule has 6 aliphatic heterocycles. The number of aromatic amines is 2. The van der Waals surface area contributed by atoms with Gasteiger partial charge in [-0.1, -0.05) is 19.1 Å². The van der Waals surface area contributed by atoms with Crippen molar-refractivity contribution in [1.29, 1.82) is 0 Å². The lowest BCUT2D eigenvalue weighted by Gasteiger charge is -2.43. The van der Waals surface area contributed by atoms with Crippen molar-refractivity contribution in [1.82, 2.24) is 29.7 Å². The highest BCUT2D eigenvalue weighted by Crippen LogP contribution is 2.55. The quantitative estimate of drug-likeness (QED) is 0.0925. The topological polar surface area (TPSA) is 228 Å². The van der Waals surface area contributed by atoms with Gasteiger partial charge in [0.1, 0.15) is 17.3 Å². The van der Waals surface area contributed by atoms with E-state index in [2.05, 4.69) is 40.8 Å². The van der Waals surface area contributed by atoms with E-state index in [0.717, 1.165) is 54.3 Å². The molecule has 0 saturated carbocycles. The van der Waals surface area contributed by atoms with Crippen LogP contribution in [0.4, 0.5) is 29.7 Å². The Morgan fingerprint density at radius 3 is 1.69 bits per heavy atom. The standard InChI is InChI=1S/C55H68F2N10O8/c1-31-26-45(34-10-12-39-41(27-34)62-49(60-39)43-8-6-20-65(43)51(68)47(74-53(58)70)32-14-22-72-23-15-32)67(36-29-37(56)46(38(57)30-36)64-18-4-3-5-19-64)55(31,2)35-11-13-40-42(28-35)63-50(61-40)44-9-7-21-66(44)52(69)48(75-54(59)71)33-16-24-73-25-17-33/h10-13,27-33,43-45,47-48H,3-9,14-26H2,1-2H3,(H2,58,70)(H2,59,71)(H,60,62)(H,61,63)/t31?,43-,44-,45?,47-,48-,55+/m0/s1. The highest BCUT2D eigenvalue weighted by Gasteiger charge is 2.51. The number of nitrogens with one attached hydrogen (secondary N) is 2. The SMILES string of the molecule is CC1CC(c2ccc3nc([C@@H]4CCCN4C(=O)[C@@H](OC(N)=O)C4CCOCC4)[nH]c3c2)N(c2cc(F)c(N3CCCCC3)c(F)c2)[C@@]1(C)c1ccc2nc([C@@H]3CCCN3C(=O)[C@@H](OC(N)=O)C3CCOCC3)[nH]c2c1. The molecule has 7 atom stereocenters. The number of H-pyrrole nitrogens is 2. The second-order valence-corrected chi connectivity index (χ2v) is 21.7. The largest absolute Gasteiger partial charge is 0.436 e. The normalized spacial score (nSPS) is 25.8. The highest BCUT2D eigenvalue weighted by molar-refractivity contribution is 5.86. The van der Waals surface area contributed by atoms with Gasteiger partial charge in [0.05, 0.1) is 45.7 Å². The van der Waals surface area contributed by atoms with Crippen molar-refractivity contribution in [3.05, 3.63) is 82.9 Å². The monoisotopic (exact) mass is 1030 g/mol. The summed E-state index contributed by atoms with van der Waals surface area (Å²) < 4.78 is 55.5. The van der Waals surface area contributed by atoms with Crippen molar-refractivity contribution in [3.63, 3.8) is 0 Å². The number of amides is 4. The molecule has 0 radical (unpaired) electrons. The van der Waals surface area contributed by atoms with Crippen LogP contribution in [0, 0.1) is 29.4 Å². The molecular formula is C55H68F2N10O8. The summed E-state index contributed by atoms with van der Waals surface area (Å²) in [6.45, 7) is 8.29. The number of nitrogens with two attached hydrogens (primary N) is 2. The number of imidazole rings is 2. The summed E-state index contributed by atoms with van der Waals surface area (Å²) in [7, 11) is 0. The first-order valence-electron chi connectivity index (χ1n) is 27.0. The van der Waals surface area contributed by atoms with Crippen molar-refractivity contribution in [2.45, 2.75) is 127 Å². The zero-order valence-electron chi connectivity index (χ0n) is 42.7. The minimum atomic E-state index is -1.02. The Balaban J connectivity index is 0.927. The van der Waals surface area contributed by atoms with Crippen LogP contribution in [-0.2, 0) is 34.1 Å². The number of rotatable bonds is 12. The molecule has 4 amide bonds. The van der Waals surface area contributed by atoms with Gasteiger partial charge in [0, 0.05) is 70.1 Å². The van der Waals surface area contributed by atoms with Gasteiger partial charge in [-0.3, -0.25) is 9.59 Å². The van der Waals surface area contributed by atoms with Crippen LogP contribution >= 0.6 is 0 Å². The van der Waals surface area contributed by atoms with Crippen LogP contribution in [0.5, 0.6) is 0 Å². The van der Waals surface area contributed by atoms with Crippen LogP contribution in [0.25, 0.3) is 22.1 Å². The van der Waals surface area contributed by atoms with Crippen molar-refractivity contribution >= 4 is 57.4 Å². The Morgan fingerprint density at radius 1 is 0.667 bits per heavy atom. The van der Waals surface area contributed by atoms with E-state index in [1.165, 1.54) is 12.1 Å². The Bertz CT molecular complexity index is 2930. The van der Waals surface area contributed by atoms with Crippen LogP contribution in [0.1, 0.15) is 132 Å². The number of halogens is 2. The minimum absolute atomic E-state index is 0.00109. The van der Waals surface area contributed by atoms with Gasteiger partial charge in [0.25, 0.3) is 11.8 Å². The number of aromatic nitrogens is 4. The number of fused-ring (bicyclic) bond motifs is 2. The summed E-state index contributed by atoms with van der Waals surface area (Å²) >= 11 is 0. The Morgan fingerprint density at radius 2 is 1.17 bits per heavy atom. The van der Waals surface area contributed by atoms with Crippen LogP contribution in [0.2, 0.25) is 0 Å². The van der Waals surface area contributed by atoms with Crippen LogP contribution in [0.3, 0.4) is 0 Å². The molecule has 11 rings (SSSR count). The Hall–Kier alpha value is -6.54. The molecule has 0 aliphatic carbocycles. The van der Waals surface area contributed by atoms with Crippen molar-refractivity contribution in [2.24, 2.45) is 29.2 Å². The van der Waals surface area contributed by atoms with E-state index < -0.39 is 47.6 Å². The predicted molar refractivity (Wildman–Crippen MR) is 274 cm³/mol. The molecule has 18 nitrogen and oxygen atoms in total. The molecule has 5 aromatic rings. The fourth-order valence-corrected chi connectivity index (χ4v) is 13.4. The summed E-state index contributed by atoms with van der Waals surface area (Å²) in [4.78, 5) is 77.2. The first kappa shape index (κ1) is 50.6. The van der Waals surface area contributed by atoms with E-state index in [1.807, 2.05) is 29.2 Å². The Kier molecular flexibility index (Phi) is 14.1. The molecule has 6 fully saturated rings. The highest BCUT2D eigenvalue weighted by atomic mass is 19.1. The molecule has 20 heteroatoms. The number of benzene rings is 3. The number of anilines is 2. The van der Waals surface area contributed by atoms with Crippen LogP contribution in [-0.4, -0.2) is 119 Å². The van der Waals surface area contributed by atoms with E-state index in [-0.39, 0.29) is 47.3 Å². The molecule has 6 saturated heterocycles. The zero-order chi connectivity index (χ0) is 52.1. The number of hydrogen-bond donors (Lipinski definition) is 4. The number of likely N-dealkylation sites (tertiary alicyclic amines) is 2. The molecule has 75 heavy (non-hydrogen) atoms. The molecule has 0 bridgehead atoms. The number of hydrogen-bond acceptors (Lipinski definition) is 12. The zero-order valence-corrected chi connectivity index (χ0v) is 42.7. The molecule has 2 unspecified atom stereocenters. The lowest BCUT2D eigenvalue weighted by atomic mass is 9.81. The van der Waals surface area contributed by atoms with Gasteiger partial charge < -0.3 is 60.0 Å². The third kappa shape index (κ3) is 9.61. The maximum atomic E-state index is 16.7.